The van der Waals surface area contributed by atoms with Gasteiger partial charge >= 0.3 is 0 Å². The summed E-state index contributed by atoms with van der Waals surface area (Å²) in [6.45, 7) is 11.1. The third-order valence-corrected chi connectivity index (χ3v) is 4.23. The van der Waals surface area contributed by atoms with E-state index >= 15 is 0 Å². The maximum atomic E-state index is 6.12. The van der Waals surface area contributed by atoms with E-state index < -0.39 is 0 Å². The molecule has 2 aromatic rings. The summed E-state index contributed by atoms with van der Waals surface area (Å²) < 4.78 is 5.65. The van der Waals surface area contributed by atoms with E-state index in [0.29, 0.717) is 5.22 Å². The number of rotatable bonds is 4. The Morgan fingerprint density at radius 2 is 2.00 bits per heavy atom. The normalized spacial score (nSPS) is 11.9. The predicted molar refractivity (Wildman–Crippen MR) is 88.1 cm³/mol. The van der Waals surface area contributed by atoms with Gasteiger partial charge < -0.3 is 9.73 Å². The highest BCUT2D eigenvalue weighted by Gasteiger charge is 2.14. The molecule has 1 aromatic heterocycles. The van der Waals surface area contributed by atoms with Gasteiger partial charge in [0.15, 0.2) is 0 Å². The molecule has 0 aliphatic rings. The summed E-state index contributed by atoms with van der Waals surface area (Å²) in [4.78, 5) is 5.49. The summed E-state index contributed by atoms with van der Waals surface area (Å²) in [7, 11) is 0. The van der Waals surface area contributed by atoms with Crippen LogP contribution in [0.2, 0.25) is 5.02 Å². The molecular formula is C16H21ClN2OS. The van der Waals surface area contributed by atoms with Crippen molar-refractivity contribution in [1.82, 2.24) is 10.3 Å². The first-order chi connectivity index (χ1) is 9.74. The number of aromatic nitrogens is 1. The molecule has 2 rings (SSSR count). The molecule has 1 aromatic carbocycles. The standard InChI is InChI=1S/C16H21ClN2OS/c1-10-11(2)20-15(19-10)21-14-8-13(17)7-6-12(14)9-18-16(3,4)5/h6-8,18H,9H2,1-5H3. The Labute approximate surface area is 135 Å². The minimum Gasteiger partial charge on any atom is -0.436 e. The van der Waals surface area contributed by atoms with Gasteiger partial charge in [-0.3, -0.25) is 0 Å². The van der Waals surface area contributed by atoms with Crippen LogP contribution in [0, 0.1) is 13.8 Å². The van der Waals surface area contributed by atoms with Gasteiger partial charge in [-0.25, -0.2) is 4.98 Å². The van der Waals surface area contributed by atoms with Crippen molar-refractivity contribution in [3.05, 3.63) is 40.2 Å². The Kier molecular flexibility index (Phi) is 5.02. The molecule has 0 unspecified atom stereocenters. The zero-order valence-electron chi connectivity index (χ0n) is 13.1. The largest absolute Gasteiger partial charge is 0.436 e. The number of oxazole rings is 1. The van der Waals surface area contributed by atoms with Crippen molar-refractivity contribution in [2.45, 2.75) is 56.8 Å². The van der Waals surface area contributed by atoms with E-state index in [-0.39, 0.29) is 5.54 Å². The van der Waals surface area contributed by atoms with Gasteiger partial charge in [0.1, 0.15) is 5.76 Å². The van der Waals surface area contributed by atoms with Gasteiger partial charge in [-0.2, -0.15) is 0 Å². The van der Waals surface area contributed by atoms with Crippen molar-refractivity contribution in [2.75, 3.05) is 0 Å². The molecule has 3 nitrogen and oxygen atoms in total. The smallest absolute Gasteiger partial charge is 0.261 e. The molecule has 0 amide bonds. The predicted octanol–water partition coefficient (Wildman–Crippen LogP) is 4.98. The lowest BCUT2D eigenvalue weighted by Crippen LogP contribution is -2.35. The van der Waals surface area contributed by atoms with Gasteiger partial charge in [-0.15, -0.1) is 0 Å². The fourth-order valence-electron chi connectivity index (χ4n) is 1.71. The zero-order valence-corrected chi connectivity index (χ0v) is 14.7. The molecule has 0 bridgehead atoms. The molecule has 0 atom stereocenters. The van der Waals surface area contributed by atoms with E-state index in [1.807, 2.05) is 32.0 Å². The molecule has 0 radical (unpaired) electrons. The fraction of sp³-hybridized carbons (Fsp3) is 0.438. The van der Waals surface area contributed by atoms with Crippen LogP contribution < -0.4 is 5.32 Å². The Morgan fingerprint density at radius 3 is 2.57 bits per heavy atom. The summed E-state index contributed by atoms with van der Waals surface area (Å²) in [6, 6.07) is 5.92. The second-order valence-corrected chi connectivity index (χ2v) is 7.51. The van der Waals surface area contributed by atoms with Gasteiger partial charge in [0, 0.05) is 22.0 Å². The van der Waals surface area contributed by atoms with E-state index in [4.69, 9.17) is 16.0 Å². The highest BCUT2D eigenvalue weighted by Crippen LogP contribution is 2.33. The van der Waals surface area contributed by atoms with Gasteiger partial charge in [-0.1, -0.05) is 17.7 Å². The summed E-state index contributed by atoms with van der Waals surface area (Å²) in [5.41, 5.74) is 2.18. The van der Waals surface area contributed by atoms with E-state index in [9.17, 15) is 0 Å². The van der Waals surface area contributed by atoms with Crippen molar-refractivity contribution in [2.24, 2.45) is 0 Å². The monoisotopic (exact) mass is 324 g/mol. The lowest BCUT2D eigenvalue weighted by Gasteiger charge is -2.21. The van der Waals surface area contributed by atoms with Crippen LogP contribution in [-0.4, -0.2) is 10.5 Å². The Bertz CT molecular complexity index is 612. The quantitative estimate of drug-likeness (QED) is 0.860. The molecule has 1 heterocycles. The molecule has 0 saturated heterocycles. The average molecular weight is 325 g/mol. The first-order valence-electron chi connectivity index (χ1n) is 6.90. The van der Waals surface area contributed by atoms with Crippen LogP contribution in [0.15, 0.2) is 32.7 Å². The first-order valence-corrected chi connectivity index (χ1v) is 8.09. The zero-order chi connectivity index (χ0) is 15.6. The number of nitrogens with one attached hydrogen (secondary N) is 1. The van der Waals surface area contributed by atoms with E-state index in [0.717, 1.165) is 27.9 Å². The highest BCUT2D eigenvalue weighted by atomic mass is 35.5. The third kappa shape index (κ3) is 4.77. The maximum absolute atomic E-state index is 6.12. The van der Waals surface area contributed by atoms with E-state index in [1.165, 1.54) is 17.3 Å². The van der Waals surface area contributed by atoms with Crippen molar-refractivity contribution < 1.29 is 4.42 Å². The Balaban J connectivity index is 2.22. The molecule has 1 N–H and O–H groups in total. The number of hydrogen-bond acceptors (Lipinski definition) is 4. The summed E-state index contributed by atoms with van der Waals surface area (Å²) in [6.07, 6.45) is 0. The topological polar surface area (TPSA) is 38.1 Å². The van der Waals surface area contributed by atoms with Crippen molar-refractivity contribution in [3.8, 4) is 0 Å². The average Bonchev–Trinajstić information content (AvgIpc) is 2.66. The van der Waals surface area contributed by atoms with Gasteiger partial charge in [0.05, 0.1) is 5.69 Å². The van der Waals surface area contributed by atoms with Crippen molar-refractivity contribution in [1.29, 1.82) is 0 Å². The van der Waals surface area contributed by atoms with Crippen LogP contribution in [-0.2, 0) is 6.54 Å². The molecule has 21 heavy (non-hydrogen) atoms. The van der Waals surface area contributed by atoms with Crippen LogP contribution in [0.4, 0.5) is 0 Å². The number of benzene rings is 1. The summed E-state index contributed by atoms with van der Waals surface area (Å²) in [5, 5.41) is 4.87. The van der Waals surface area contributed by atoms with Crippen molar-refractivity contribution in [3.63, 3.8) is 0 Å². The fourth-order valence-corrected chi connectivity index (χ4v) is 2.94. The second-order valence-electron chi connectivity index (χ2n) is 6.08. The number of hydrogen-bond donors (Lipinski definition) is 1. The number of halogens is 1. The lowest BCUT2D eigenvalue weighted by atomic mass is 10.1. The molecule has 0 fully saturated rings. The second kappa shape index (κ2) is 6.42. The minimum absolute atomic E-state index is 0.0671. The number of aryl methyl sites for hydroxylation is 2. The van der Waals surface area contributed by atoms with Crippen LogP contribution in [0.25, 0.3) is 0 Å². The molecule has 0 aliphatic heterocycles. The number of nitrogens with zero attached hydrogens (tertiary/aromatic N) is 1. The van der Waals surface area contributed by atoms with Gasteiger partial charge in [-0.05, 0) is 64.1 Å². The Morgan fingerprint density at radius 1 is 1.29 bits per heavy atom. The molecule has 5 heteroatoms. The first kappa shape index (κ1) is 16.4. The lowest BCUT2D eigenvalue weighted by molar-refractivity contribution is 0.422. The van der Waals surface area contributed by atoms with Gasteiger partial charge in [0.2, 0.25) is 0 Å². The van der Waals surface area contributed by atoms with Crippen molar-refractivity contribution >= 4 is 23.4 Å². The molecule has 114 valence electrons. The summed E-state index contributed by atoms with van der Waals surface area (Å²) >= 11 is 7.64. The highest BCUT2D eigenvalue weighted by molar-refractivity contribution is 7.99. The van der Waals surface area contributed by atoms with Crippen LogP contribution in [0.3, 0.4) is 0 Å². The molecule has 0 saturated carbocycles. The Hall–Kier alpha value is -0.970. The van der Waals surface area contributed by atoms with E-state index in [1.54, 1.807) is 0 Å². The maximum Gasteiger partial charge on any atom is 0.261 e. The van der Waals surface area contributed by atoms with Crippen LogP contribution >= 0.6 is 23.4 Å². The van der Waals surface area contributed by atoms with E-state index in [2.05, 4.69) is 31.1 Å². The SMILES string of the molecule is Cc1nc(Sc2cc(Cl)ccc2CNC(C)(C)C)oc1C. The van der Waals surface area contributed by atoms with Gasteiger partial charge in [0.25, 0.3) is 5.22 Å². The third-order valence-electron chi connectivity index (χ3n) is 3.04. The van der Waals surface area contributed by atoms with Crippen LogP contribution in [0.1, 0.15) is 37.8 Å². The summed E-state index contributed by atoms with van der Waals surface area (Å²) in [5.74, 6) is 0.855. The molecule has 0 aliphatic carbocycles. The van der Waals surface area contributed by atoms with Crippen LogP contribution in [0.5, 0.6) is 0 Å². The minimum atomic E-state index is 0.0671. The molecule has 0 spiro atoms. The molecular weight excluding hydrogens is 304 g/mol.